The molecule has 6 heteroatoms. The number of hydrogen-bond acceptors (Lipinski definition) is 3. The second-order valence-electron chi connectivity index (χ2n) is 4.03. The summed E-state index contributed by atoms with van der Waals surface area (Å²) in [6.07, 6.45) is 1.63. The fourth-order valence-electron chi connectivity index (χ4n) is 1.44. The molecule has 0 spiro atoms. The molecule has 0 saturated heterocycles. The molecule has 0 saturated carbocycles. The zero-order chi connectivity index (χ0) is 13.0. The van der Waals surface area contributed by atoms with Gasteiger partial charge < -0.3 is 11.1 Å². The number of nitrogens with zero attached hydrogens (tertiary/aromatic N) is 4. The Morgan fingerprint density at radius 1 is 1.39 bits per heavy atom. The third kappa shape index (κ3) is 3.31. The fraction of sp³-hybridized carbons (Fsp3) is 0.250. The van der Waals surface area contributed by atoms with E-state index in [4.69, 9.17) is 5.73 Å². The van der Waals surface area contributed by atoms with Crippen LogP contribution in [0, 0.1) is 6.92 Å². The smallest absolute Gasteiger partial charge is 0.193 e. The number of aryl methyl sites for hydroxylation is 2. The van der Waals surface area contributed by atoms with Gasteiger partial charge in [-0.05, 0) is 19.1 Å². The maximum atomic E-state index is 5.77. The van der Waals surface area contributed by atoms with Crippen molar-refractivity contribution in [1.29, 1.82) is 0 Å². The van der Waals surface area contributed by atoms with Crippen LogP contribution in [0.4, 0.5) is 5.69 Å². The summed E-state index contributed by atoms with van der Waals surface area (Å²) in [5.74, 6) is 0.998. The van der Waals surface area contributed by atoms with Gasteiger partial charge >= 0.3 is 0 Å². The van der Waals surface area contributed by atoms with Gasteiger partial charge in [-0.2, -0.15) is 5.10 Å². The van der Waals surface area contributed by atoms with Crippen LogP contribution in [0.3, 0.4) is 0 Å². The van der Waals surface area contributed by atoms with Crippen molar-refractivity contribution in [3.8, 4) is 0 Å². The molecule has 0 unspecified atom stereocenters. The van der Waals surface area contributed by atoms with Crippen molar-refractivity contribution in [2.75, 3.05) is 5.32 Å². The van der Waals surface area contributed by atoms with Crippen LogP contribution < -0.4 is 11.1 Å². The summed E-state index contributed by atoms with van der Waals surface area (Å²) in [5.41, 5.74) is 7.89. The van der Waals surface area contributed by atoms with Gasteiger partial charge in [0.25, 0.3) is 0 Å². The Hall–Kier alpha value is -2.37. The molecular weight excluding hydrogens is 228 g/mol. The maximum absolute atomic E-state index is 5.77. The molecule has 0 aliphatic rings. The zero-order valence-corrected chi connectivity index (χ0v) is 10.5. The molecule has 0 aliphatic carbocycles. The van der Waals surface area contributed by atoms with Gasteiger partial charge in [0.05, 0.1) is 0 Å². The standard InChI is InChI=1S/C12H16N6/c1-9-3-5-10(6-4-9)16-12(13)14-7-11-15-8-18(2)17-11/h3-6,8H,7H2,1-2H3,(H3,13,14,16). The highest BCUT2D eigenvalue weighted by Crippen LogP contribution is 2.07. The van der Waals surface area contributed by atoms with Crippen molar-refractivity contribution >= 4 is 11.6 Å². The Kier molecular flexibility index (Phi) is 3.57. The molecule has 0 bridgehead atoms. The van der Waals surface area contributed by atoms with Gasteiger partial charge in [0.1, 0.15) is 12.9 Å². The summed E-state index contributed by atoms with van der Waals surface area (Å²) in [5, 5.41) is 7.13. The largest absolute Gasteiger partial charge is 0.370 e. The first-order valence-corrected chi connectivity index (χ1v) is 5.61. The van der Waals surface area contributed by atoms with Crippen LogP contribution in [0.2, 0.25) is 0 Å². The van der Waals surface area contributed by atoms with Gasteiger partial charge in [-0.25, -0.2) is 9.98 Å². The molecule has 0 atom stereocenters. The normalized spacial score (nSPS) is 11.6. The molecule has 2 aromatic rings. The van der Waals surface area contributed by atoms with E-state index in [1.54, 1.807) is 11.0 Å². The molecule has 0 fully saturated rings. The van der Waals surface area contributed by atoms with Crippen LogP contribution in [-0.2, 0) is 13.6 Å². The highest BCUT2D eigenvalue weighted by molar-refractivity contribution is 5.92. The lowest BCUT2D eigenvalue weighted by atomic mass is 10.2. The maximum Gasteiger partial charge on any atom is 0.193 e. The van der Waals surface area contributed by atoms with Gasteiger partial charge in [-0.15, -0.1) is 0 Å². The Labute approximate surface area is 106 Å². The summed E-state index contributed by atoms with van der Waals surface area (Å²) >= 11 is 0. The van der Waals surface area contributed by atoms with Gasteiger partial charge in [-0.1, -0.05) is 17.7 Å². The van der Waals surface area contributed by atoms with Crippen molar-refractivity contribution in [2.45, 2.75) is 13.5 Å². The monoisotopic (exact) mass is 244 g/mol. The molecule has 18 heavy (non-hydrogen) atoms. The minimum absolute atomic E-state index is 0.353. The van der Waals surface area contributed by atoms with E-state index >= 15 is 0 Å². The van der Waals surface area contributed by atoms with Crippen LogP contribution in [0.1, 0.15) is 11.4 Å². The molecular formula is C12H16N6. The van der Waals surface area contributed by atoms with Crippen molar-refractivity contribution in [3.05, 3.63) is 42.0 Å². The molecule has 1 aromatic heterocycles. The van der Waals surface area contributed by atoms with Crippen LogP contribution in [0.15, 0.2) is 35.6 Å². The Bertz CT molecular complexity index is 540. The summed E-state index contributed by atoms with van der Waals surface area (Å²) in [7, 11) is 1.81. The number of aromatic nitrogens is 3. The zero-order valence-electron chi connectivity index (χ0n) is 10.5. The molecule has 3 N–H and O–H groups in total. The van der Waals surface area contributed by atoms with Crippen LogP contribution in [0.5, 0.6) is 0 Å². The van der Waals surface area contributed by atoms with Crippen LogP contribution in [-0.4, -0.2) is 20.7 Å². The van der Waals surface area contributed by atoms with Crippen LogP contribution >= 0.6 is 0 Å². The second kappa shape index (κ2) is 5.31. The third-order valence-corrected chi connectivity index (χ3v) is 2.36. The number of nitrogens with two attached hydrogens (primary N) is 1. The lowest BCUT2D eigenvalue weighted by Crippen LogP contribution is -2.22. The van der Waals surface area contributed by atoms with E-state index in [0.717, 1.165) is 5.69 Å². The first kappa shape index (κ1) is 12.1. The number of aliphatic imine (C=N–C) groups is 1. The lowest BCUT2D eigenvalue weighted by Gasteiger charge is -2.05. The molecule has 94 valence electrons. The number of nitrogens with one attached hydrogen (secondary N) is 1. The first-order valence-electron chi connectivity index (χ1n) is 5.61. The predicted octanol–water partition coefficient (Wildman–Crippen LogP) is 1.05. The second-order valence-corrected chi connectivity index (χ2v) is 4.03. The molecule has 0 amide bonds. The Morgan fingerprint density at radius 3 is 2.72 bits per heavy atom. The Morgan fingerprint density at radius 2 is 2.11 bits per heavy atom. The minimum atomic E-state index is 0.353. The number of rotatable bonds is 3. The average Bonchev–Trinajstić information content (AvgIpc) is 2.76. The molecule has 2 rings (SSSR count). The van der Waals surface area contributed by atoms with Crippen molar-refractivity contribution < 1.29 is 0 Å². The molecule has 0 radical (unpaired) electrons. The van der Waals surface area contributed by atoms with E-state index in [9.17, 15) is 0 Å². The topological polar surface area (TPSA) is 81.1 Å². The first-order chi connectivity index (χ1) is 8.63. The molecule has 6 nitrogen and oxygen atoms in total. The molecule has 1 aromatic carbocycles. The fourth-order valence-corrected chi connectivity index (χ4v) is 1.44. The van der Waals surface area contributed by atoms with Gasteiger partial charge in [-0.3, -0.25) is 4.68 Å². The summed E-state index contributed by atoms with van der Waals surface area (Å²) in [6, 6.07) is 7.93. The van der Waals surface area contributed by atoms with Crippen molar-refractivity contribution in [1.82, 2.24) is 14.8 Å². The molecule has 0 aliphatic heterocycles. The lowest BCUT2D eigenvalue weighted by molar-refractivity contribution is 0.742. The van der Waals surface area contributed by atoms with E-state index in [1.165, 1.54) is 5.56 Å². The average molecular weight is 244 g/mol. The van der Waals surface area contributed by atoms with Crippen molar-refractivity contribution in [3.63, 3.8) is 0 Å². The van der Waals surface area contributed by atoms with Crippen molar-refractivity contribution in [2.24, 2.45) is 17.8 Å². The number of guanidine groups is 1. The highest BCUT2D eigenvalue weighted by Gasteiger charge is 1.98. The number of hydrogen-bond donors (Lipinski definition) is 2. The van der Waals surface area contributed by atoms with Gasteiger partial charge in [0, 0.05) is 12.7 Å². The quantitative estimate of drug-likeness (QED) is 0.624. The highest BCUT2D eigenvalue weighted by atomic mass is 15.3. The number of benzene rings is 1. The van der Waals surface area contributed by atoms with Gasteiger partial charge in [0.15, 0.2) is 11.8 Å². The SMILES string of the molecule is Cc1ccc(NC(N)=NCc2ncn(C)n2)cc1. The van der Waals surface area contributed by atoms with Gasteiger partial charge in [0.2, 0.25) is 0 Å². The van der Waals surface area contributed by atoms with E-state index < -0.39 is 0 Å². The van der Waals surface area contributed by atoms with E-state index in [1.807, 2.05) is 38.2 Å². The summed E-state index contributed by atoms with van der Waals surface area (Å²) in [6.45, 7) is 2.40. The Balaban J connectivity index is 1.95. The van der Waals surface area contributed by atoms with E-state index in [-0.39, 0.29) is 0 Å². The van der Waals surface area contributed by atoms with E-state index in [0.29, 0.717) is 18.3 Å². The minimum Gasteiger partial charge on any atom is -0.370 e. The summed E-state index contributed by atoms with van der Waals surface area (Å²) in [4.78, 5) is 8.24. The summed E-state index contributed by atoms with van der Waals surface area (Å²) < 4.78 is 1.63. The van der Waals surface area contributed by atoms with Crippen LogP contribution in [0.25, 0.3) is 0 Å². The van der Waals surface area contributed by atoms with E-state index in [2.05, 4.69) is 20.4 Å². The number of anilines is 1. The molecule has 1 heterocycles. The predicted molar refractivity (Wildman–Crippen MR) is 71.1 cm³/mol. The third-order valence-electron chi connectivity index (χ3n) is 2.36.